The van der Waals surface area contributed by atoms with Crippen molar-refractivity contribution in [3.63, 3.8) is 0 Å². The number of carbonyl (C=O) groups is 1. The van der Waals surface area contributed by atoms with Gasteiger partial charge in [-0.2, -0.15) is 0 Å². The first-order valence-corrected chi connectivity index (χ1v) is 11.4. The Bertz CT molecular complexity index is 1130. The highest BCUT2D eigenvalue weighted by molar-refractivity contribution is 5.94. The molecular weight excluding hydrogens is 408 g/mol. The van der Waals surface area contributed by atoms with Crippen LogP contribution in [-0.4, -0.2) is 58.1 Å². The molecule has 7 nitrogen and oxygen atoms in total. The first-order valence-electron chi connectivity index (χ1n) is 11.4. The molecule has 1 amide bonds. The van der Waals surface area contributed by atoms with Gasteiger partial charge >= 0.3 is 0 Å². The van der Waals surface area contributed by atoms with Crippen molar-refractivity contribution in [1.82, 2.24) is 5.32 Å². The largest absolute Gasteiger partial charge is 0.633 e. The minimum absolute atomic E-state index is 0.0434. The van der Waals surface area contributed by atoms with Gasteiger partial charge in [0.25, 0.3) is 5.91 Å². The number of ether oxygens (including phenoxy) is 1. The van der Waals surface area contributed by atoms with Crippen LogP contribution in [0.3, 0.4) is 0 Å². The lowest BCUT2D eigenvalue weighted by molar-refractivity contribution is -0.904. The van der Waals surface area contributed by atoms with Crippen LogP contribution < -0.4 is 10.1 Å². The molecule has 2 unspecified atom stereocenters. The van der Waals surface area contributed by atoms with Crippen molar-refractivity contribution in [2.45, 2.75) is 61.8 Å². The van der Waals surface area contributed by atoms with Crippen molar-refractivity contribution in [1.29, 1.82) is 0 Å². The van der Waals surface area contributed by atoms with Gasteiger partial charge in [-0.05, 0) is 43.5 Å². The maximum atomic E-state index is 13.4. The number of amides is 1. The molecule has 1 saturated carbocycles. The van der Waals surface area contributed by atoms with Crippen LogP contribution >= 0.6 is 0 Å². The molecule has 7 heteroatoms. The number of likely N-dealkylation sites (tertiary alicyclic amines) is 1. The summed E-state index contributed by atoms with van der Waals surface area (Å²) in [6, 6.07) is 10.0. The number of aryl methyl sites for hydroxylation is 1. The number of nitrogens with one attached hydrogen (secondary N) is 1. The molecule has 2 aliphatic carbocycles. The average Bonchev–Trinajstić information content (AvgIpc) is 3.11. The van der Waals surface area contributed by atoms with Crippen molar-refractivity contribution in [2.75, 3.05) is 13.6 Å². The van der Waals surface area contributed by atoms with Crippen molar-refractivity contribution in [3.05, 3.63) is 63.9 Å². The maximum absolute atomic E-state index is 13.4. The number of hydrogen-bond acceptors (Lipinski definition) is 5. The second kappa shape index (κ2) is 6.25. The molecule has 32 heavy (non-hydrogen) atoms. The smallest absolute Gasteiger partial charge is 0.251 e. The molecule has 2 aliphatic heterocycles. The van der Waals surface area contributed by atoms with E-state index in [1.165, 1.54) is 0 Å². The standard InChI is InChI=1S/C25H28N2O5/c1-14-3-5-15(6-4-14)23(29)26-17-9-10-25(30)19-13-16-7-8-18(28)21-20(16)24(25,22(17)32-21)11-12-27(19,2)31/h3-8,17,19,22,28,30H,9-13H2,1-2H3,(H,26,29)/t17-,19-,22+,24?,25-,27?/m1/s1. The summed E-state index contributed by atoms with van der Waals surface area (Å²) in [4.78, 5) is 13.0. The second-order valence-corrected chi connectivity index (χ2v) is 10.2. The second-order valence-electron chi connectivity index (χ2n) is 10.2. The number of quaternary nitrogens is 1. The predicted molar refractivity (Wildman–Crippen MR) is 117 cm³/mol. The molecule has 2 aromatic rings. The van der Waals surface area contributed by atoms with Crippen LogP contribution in [0.25, 0.3) is 0 Å². The number of aliphatic hydroxyl groups is 1. The van der Waals surface area contributed by atoms with Crippen LogP contribution in [0.1, 0.15) is 46.3 Å². The first kappa shape index (κ1) is 20.0. The Morgan fingerprint density at radius 1 is 1.22 bits per heavy atom. The number of hydrogen-bond donors (Lipinski definition) is 3. The summed E-state index contributed by atoms with van der Waals surface area (Å²) < 4.78 is 5.89. The molecule has 2 heterocycles. The minimum Gasteiger partial charge on any atom is -0.633 e. The molecule has 1 spiro atoms. The third kappa shape index (κ3) is 2.33. The third-order valence-corrected chi connectivity index (χ3v) is 8.58. The van der Waals surface area contributed by atoms with Crippen molar-refractivity contribution in [3.8, 4) is 11.5 Å². The van der Waals surface area contributed by atoms with E-state index in [0.29, 0.717) is 43.5 Å². The highest BCUT2D eigenvalue weighted by atomic mass is 16.6. The fourth-order valence-corrected chi connectivity index (χ4v) is 7.03. The molecule has 168 valence electrons. The number of piperidine rings is 1. The molecule has 0 aromatic heterocycles. The van der Waals surface area contributed by atoms with Crippen molar-refractivity contribution >= 4 is 5.91 Å². The molecule has 1 saturated heterocycles. The van der Waals surface area contributed by atoms with Crippen molar-refractivity contribution < 1.29 is 24.4 Å². The third-order valence-electron chi connectivity index (χ3n) is 8.58. The lowest BCUT2D eigenvalue weighted by Gasteiger charge is -2.67. The molecule has 2 aromatic carbocycles. The summed E-state index contributed by atoms with van der Waals surface area (Å²) in [5.41, 5.74) is 1.39. The number of phenolic OH excluding ortho intramolecular Hbond substituents is 1. The Hall–Kier alpha value is -2.61. The van der Waals surface area contributed by atoms with Gasteiger partial charge in [-0.3, -0.25) is 4.79 Å². The van der Waals surface area contributed by atoms with Crippen LogP contribution in [0.4, 0.5) is 0 Å². The molecule has 0 radical (unpaired) electrons. The minimum atomic E-state index is -1.25. The van der Waals surface area contributed by atoms with Crippen molar-refractivity contribution in [2.24, 2.45) is 0 Å². The molecule has 6 atom stereocenters. The van der Waals surface area contributed by atoms with Gasteiger partial charge in [0, 0.05) is 24.0 Å². The van der Waals surface area contributed by atoms with Gasteiger partial charge in [0.05, 0.1) is 25.0 Å². The van der Waals surface area contributed by atoms with Crippen LogP contribution in [-0.2, 0) is 11.8 Å². The number of benzene rings is 2. The fraction of sp³-hybridized carbons (Fsp3) is 0.480. The Balaban J connectivity index is 1.45. The lowest BCUT2D eigenvalue weighted by Crippen LogP contribution is -2.80. The van der Waals surface area contributed by atoms with Gasteiger partial charge in [0.2, 0.25) is 0 Å². The Morgan fingerprint density at radius 3 is 2.72 bits per heavy atom. The van der Waals surface area contributed by atoms with E-state index in [1.807, 2.05) is 25.1 Å². The van der Waals surface area contributed by atoms with Gasteiger partial charge in [-0.1, -0.05) is 23.8 Å². The van der Waals surface area contributed by atoms with E-state index in [0.717, 1.165) is 16.7 Å². The predicted octanol–water partition coefficient (Wildman–Crippen LogP) is 2.30. The molecule has 6 rings (SSSR count). The maximum Gasteiger partial charge on any atom is 0.251 e. The molecule has 2 bridgehead atoms. The van der Waals surface area contributed by atoms with E-state index in [2.05, 4.69) is 5.32 Å². The lowest BCUT2D eigenvalue weighted by atomic mass is 9.48. The quantitative estimate of drug-likeness (QED) is 0.495. The van der Waals surface area contributed by atoms with E-state index in [4.69, 9.17) is 4.74 Å². The topological polar surface area (TPSA) is 102 Å². The van der Waals surface area contributed by atoms with Gasteiger partial charge in [-0.25, -0.2) is 0 Å². The summed E-state index contributed by atoms with van der Waals surface area (Å²) in [6.45, 7) is 2.33. The zero-order valence-electron chi connectivity index (χ0n) is 18.3. The highest BCUT2D eigenvalue weighted by Gasteiger charge is 2.75. The summed E-state index contributed by atoms with van der Waals surface area (Å²) >= 11 is 0. The number of phenols is 1. The zero-order chi connectivity index (χ0) is 22.5. The molecule has 3 N–H and O–H groups in total. The first-order chi connectivity index (χ1) is 15.2. The number of rotatable bonds is 2. The number of hydroxylamine groups is 3. The van der Waals surface area contributed by atoms with E-state index in [-0.39, 0.29) is 17.7 Å². The van der Waals surface area contributed by atoms with E-state index in [9.17, 15) is 20.2 Å². The number of nitrogens with zero attached hydrogens (tertiary/aromatic N) is 1. The molecule has 4 aliphatic rings. The Morgan fingerprint density at radius 2 is 1.97 bits per heavy atom. The normalized spacial score (nSPS) is 38.6. The number of likely N-dealkylation sites (N-methyl/N-ethyl adjacent to an activating group) is 1. The summed E-state index contributed by atoms with van der Waals surface area (Å²) in [6.07, 6.45) is 1.27. The van der Waals surface area contributed by atoms with Gasteiger partial charge in [0.1, 0.15) is 17.7 Å². The van der Waals surface area contributed by atoms with Gasteiger partial charge in [0.15, 0.2) is 11.5 Å². The SMILES string of the molecule is Cc1ccc(C(=O)N[C@@H]2CC[C@@]3(O)[C@H]4Cc5ccc(O)c6c5C3(CC[N+]4(C)[O-])[C@H]2O6)cc1. The highest BCUT2D eigenvalue weighted by Crippen LogP contribution is 2.66. The van der Waals surface area contributed by atoms with Crippen LogP contribution in [0.5, 0.6) is 11.5 Å². The summed E-state index contributed by atoms with van der Waals surface area (Å²) in [5, 5.41) is 39.3. The van der Waals surface area contributed by atoms with E-state index in [1.54, 1.807) is 25.2 Å². The molecular formula is C25H28N2O5. The fourth-order valence-electron chi connectivity index (χ4n) is 7.03. The Kier molecular flexibility index (Phi) is 3.91. The summed E-state index contributed by atoms with van der Waals surface area (Å²) in [7, 11) is 1.65. The summed E-state index contributed by atoms with van der Waals surface area (Å²) in [5.74, 6) is 0.262. The monoisotopic (exact) mass is 436 g/mol. The van der Waals surface area contributed by atoms with Gasteiger partial charge in [-0.15, -0.1) is 0 Å². The van der Waals surface area contributed by atoms with Gasteiger partial charge < -0.3 is 30.1 Å². The zero-order valence-corrected chi connectivity index (χ0v) is 18.3. The average molecular weight is 437 g/mol. The number of aromatic hydroxyl groups is 1. The number of carbonyl (C=O) groups excluding carboxylic acids is 1. The van der Waals surface area contributed by atoms with Crippen LogP contribution in [0.15, 0.2) is 36.4 Å². The van der Waals surface area contributed by atoms with Crippen LogP contribution in [0, 0.1) is 12.1 Å². The molecule has 2 fully saturated rings. The van der Waals surface area contributed by atoms with Crippen LogP contribution in [0.2, 0.25) is 0 Å². The Labute approximate surface area is 186 Å². The van der Waals surface area contributed by atoms with E-state index >= 15 is 0 Å². The van der Waals surface area contributed by atoms with E-state index < -0.39 is 27.8 Å².